The van der Waals surface area contributed by atoms with E-state index in [2.05, 4.69) is 4.98 Å². The van der Waals surface area contributed by atoms with Crippen molar-refractivity contribution in [1.29, 1.82) is 0 Å². The van der Waals surface area contributed by atoms with Gasteiger partial charge in [-0.2, -0.15) is 0 Å². The number of carbonyl (C=O) groups excluding carboxylic acids is 2. The maximum atomic E-state index is 12.7. The molecule has 1 aromatic heterocycles. The predicted molar refractivity (Wildman–Crippen MR) is 91.2 cm³/mol. The number of piperidine rings is 1. The molecule has 0 aromatic carbocycles. The highest BCUT2D eigenvalue weighted by Gasteiger charge is 2.41. The van der Waals surface area contributed by atoms with Gasteiger partial charge in [0.05, 0.1) is 5.92 Å². The van der Waals surface area contributed by atoms with Crippen LogP contribution in [0.1, 0.15) is 31.7 Å². The number of amides is 2. The Balaban J connectivity index is 1.78. The lowest BCUT2D eigenvalue weighted by Gasteiger charge is -2.35. The molecule has 0 radical (unpaired) electrons. The van der Waals surface area contributed by atoms with E-state index in [1.807, 2.05) is 11.8 Å². The molecule has 1 N–H and O–H groups in total. The van der Waals surface area contributed by atoms with Gasteiger partial charge in [0, 0.05) is 37.4 Å². The Hall–Kier alpha value is -2.38. The number of aryl methyl sites for hydroxylation is 1. The fourth-order valence-corrected chi connectivity index (χ4v) is 3.76. The molecule has 4 rings (SSSR count). The number of hydrogen-bond acceptors (Lipinski definition) is 4. The van der Waals surface area contributed by atoms with Crippen molar-refractivity contribution in [3.05, 3.63) is 32.6 Å². The molecular weight excluding hydrogens is 324 g/mol. The molecule has 0 saturated carbocycles. The molecular formula is C17H24N4O4. The summed E-state index contributed by atoms with van der Waals surface area (Å²) in [6.45, 7) is 5.15. The molecule has 2 atom stereocenters. The van der Waals surface area contributed by atoms with Gasteiger partial charge in [-0.3, -0.25) is 23.9 Å². The summed E-state index contributed by atoms with van der Waals surface area (Å²) < 4.78 is 1.22. The van der Waals surface area contributed by atoms with Gasteiger partial charge < -0.3 is 9.80 Å². The minimum atomic E-state index is -0.592. The maximum Gasteiger partial charge on any atom is 0.328 e. The van der Waals surface area contributed by atoms with Crippen LogP contribution < -0.4 is 11.2 Å². The van der Waals surface area contributed by atoms with Gasteiger partial charge >= 0.3 is 5.69 Å². The summed E-state index contributed by atoms with van der Waals surface area (Å²) >= 11 is 0. The summed E-state index contributed by atoms with van der Waals surface area (Å²) in [5.74, 6) is -0.203. The first kappa shape index (κ1) is 17.4. The quantitative estimate of drug-likeness (QED) is 0.808. The van der Waals surface area contributed by atoms with Gasteiger partial charge in [0.1, 0.15) is 6.54 Å². The minimum Gasteiger partial charge on any atom is -0.338 e. The molecule has 25 heavy (non-hydrogen) atoms. The van der Waals surface area contributed by atoms with Crippen LogP contribution in [0.25, 0.3) is 0 Å². The lowest BCUT2D eigenvalue weighted by atomic mass is 9.94. The zero-order chi connectivity index (χ0) is 18.1. The number of nitrogens with one attached hydrogen (secondary N) is 1. The molecule has 3 saturated heterocycles. The number of aromatic nitrogens is 2. The molecule has 0 spiro atoms. The molecule has 0 unspecified atom stereocenters. The number of carbonyl (C=O) groups is 2. The van der Waals surface area contributed by atoms with E-state index in [1.54, 1.807) is 11.8 Å². The predicted octanol–water partition coefficient (Wildman–Crippen LogP) is -0.296. The van der Waals surface area contributed by atoms with E-state index >= 15 is 0 Å². The molecule has 0 aliphatic carbocycles. The monoisotopic (exact) mass is 348 g/mol. The number of rotatable bonds is 4. The van der Waals surface area contributed by atoms with Gasteiger partial charge in [0.15, 0.2) is 0 Å². The molecule has 2 bridgehead atoms. The maximum absolute atomic E-state index is 12.7. The minimum absolute atomic E-state index is 0.0594. The first-order valence-corrected chi connectivity index (χ1v) is 8.79. The van der Waals surface area contributed by atoms with Crippen LogP contribution in [0.2, 0.25) is 0 Å². The zero-order valence-corrected chi connectivity index (χ0v) is 14.7. The van der Waals surface area contributed by atoms with Crippen LogP contribution in [-0.4, -0.2) is 56.8 Å². The van der Waals surface area contributed by atoms with E-state index in [9.17, 15) is 19.2 Å². The Labute approximate surface area is 145 Å². The lowest BCUT2D eigenvalue weighted by molar-refractivity contribution is -0.139. The highest BCUT2D eigenvalue weighted by molar-refractivity contribution is 5.83. The van der Waals surface area contributed by atoms with Crippen molar-refractivity contribution >= 4 is 11.8 Å². The summed E-state index contributed by atoms with van der Waals surface area (Å²) in [6, 6.07) is 0.0594. The Morgan fingerprint density at radius 2 is 2.00 bits per heavy atom. The molecule has 2 amide bonds. The fraction of sp³-hybridized carbons (Fsp3) is 0.647. The third kappa shape index (κ3) is 3.38. The highest BCUT2D eigenvalue weighted by atomic mass is 16.2. The molecule has 3 fully saturated rings. The van der Waals surface area contributed by atoms with Crippen molar-refractivity contribution in [3.8, 4) is 0 Å². The van der Waals surface area contributed by atoms with Crippen LogP contribution in [0, 0.1) is 12.8 Å². The number of fused-ring (bicyclic) bond motifs is 4. The average Bonchev–Trinajstić information content (AvgIpc) is 2.86. The van der Waals surface area contributed by atoms with Gasteiger partial charge in [-0.15, -0.1) is 0 Å². The second-order valence-electron chi connectivity index (χ2n) is 6.96. The van der Waals surface area contributed by atoms with Crippen molar-refractivity contribution in [2.45, 2.75) is 45.7 Å². The number of aromatic amines is 1. The number of hydrogen-bond donors (Lipinski definition) is 1. The van der Waals surface area contributed by atoms with Crippen molar-refractivity contribution < 1.29 is 9.59 Å². The topological polar surface area (TPSA) is 95.5 Å². The van der Waals surface area contributed by atoms with Crippen LogP contribution in [0.5, 0.6) is 0 Å². The van der Waals surface area contributed by atoms with E-state index in [0.717, 1.165) is 25.8 Å². The Kier molecular flexibility index (Phi) is 4.78. The first-order chi connectivity index (χ1) is 11.9. The van der Waals surface area contributed by atoms with E-state index in [1.165, 1.54) is 10.8 Å². The summed E-state index contributed by atoms with van der Waals surface area (Å²) in [4.78, 5) is 54.4. The summed E-state index contributed by atoms with van der Waals surface area (Å²) in [7, 11) is 0. The standard InChI is InChI=1S/C17H24N4O4/c1-3-6-21-13-5-4-12(16(21)24)8-19(9-13)14(22)10-20-7-11(2)15(23)18-17(20)25/h7,12-13H,3-6,8-10H2,1-2H3,(H,18,23,25)/t12-,13+/m1/s1. The van der Waals surface area contributed by atoms with Gasteiger partial charge in [-0.25, -0.2) is 4.79 Å². The first-order valence-electron chi connectivity index (χ1n) is 8.79. The largest absolute Gasteiger partial charge is 0.338 e. The van der Waals surface area contributed by atoms with E-state index in [4.69, 9.17) is 0 Å². The fourth-order valence-electron chi connectivity index (χ4n) is 3.76. The lowest BCUT2D eigenvalue weighted by Crippen LogP contribution is -2.48. The van der Waals surface area contributed by atoms with E-state index in [-0.39, 0.29) is 30.3 Å². The molecule has 1 aromatic rings. The van der Waals surface area contributed by atoms with Crippen molar-refractivity contribution in [2.75, 3.05) is 19.6 Å². The van der Waals surface area contributed by atoms with Crippen LogP contribution >= 0.6 is 0 Å². The highest BCUT2D eigenvalue weighted by Crippen LogP contribution is 2.29. The normalized spacial score (nSPS) is 23.0. The van der Waals surface area contributed by atoms with E-state index in [0.29, 0.717) is 18.7 Å². The Morgan fingerprint density at radius 3 is 2.72 bits per heavy atom. The number of H-pyrrole nitrogens is 1. The second-order valence-corrected chi connectivity index (χ2v) is 6.96. The van der Waals surface area contributed by atoms with Gasteiger partial charge in [0.25, 0.3) is 5.56 Å². The zero-order valence-electron chi connectivity index (χ0n) is 14.7. The average molecular weight is 348 g/mol. The summed E-state index contributed by atoms with van der Waals surface area (Å²) in [5.41, 5.74) is -0.652. The SMILES string of the molecule is CCCN1C(=O)[C@@H]2CC[C@H]1CN(C(=O)Cn1cc(C)c(=O)[nH]c1=O)C2. The molecule has 3 aliphatic heterocycles. The smallest absolute Gasteiger partial charge is 0.328 e. The molecule has 4 heterocycles. The van der Waals surface area contributed by atoms with Crippen LogP contribution in [0.4, 0.5) is 0 Å². The van der Waals surface area contributed by atoms with Crippen LogP contribution in [-0.2, 0) is 16.1 Å². The van der Waals surface area contributed by atoms with Gasteiger partial charge in [-0.1, -0.05) is 6.92 Å². The third-order valence-electron chi connectivity index (χ3n) is 5.11. The van der Waals surface area contributed by atoms with Crippen LogP contribution in [0.15, 0.2) is 15.8 Å². The Morgan fingerprint density at radius 1 is 1.24 bits per heavy atom. The number of nitrogens with zero attached hydrogens (tertiary/aromatic N) is 3. The molecule has 136 valence electrons. The summed E-state index contributed by atoms with van der Waals surface area (Å²) in [6.07, 6.45) is 4.03. The molecule has 8 heteroatoms. The molecule has 3 aliphatic rings. The van der Waals surface area contributed by atoms with E-state index < -0.39 is 11.2 Å². The summed E-state index contributed by atoms with van der Waals surface area (Å²) in [5, 5.41) is 0. The van der Waals surface area contributed by atoms with Gasteiger partial charge in [-0.05, 0) is 26.2 Å². The van der Waals surface area contributed by atoms with Crippen molar-refractivity contribution in [2.24, 2.45) is 5.92 Å². The second kappa shape index (κ2) is 6.85. The Bertz CT molecular complexity index is 797. The van der Waals surface area contributed by atoms with Crippen molar-refractivity contribution in [3.63, 3.8) is 0 Å². The van der Waals surface area contributed by atoms with Crippen LogP contribution in [0.3, 0.4) is 0 Å². The molecule has 8 nitrogen and oxygen atoms in total. The third-order valence-corrected chi connectivity index (χ3v) is 5.11. The van der Waals surface area contributed by atoms with Gasteiger partial charge in [0.2, 0.25) is 11.8 Å². The van der Waals surface area contributed by atoms with Crippen molar-refractivity contribution in [1.82, 2.24) is 19.4 Å².